The molecule has 0 aliphatic rings. The molecule has 2 aromatic rings. The molecule has 0 aliphatic carbocycles. The summed E-state index contributed by atoms with van der Waals surface area (Å²) in [5, 5.41) is 8.86. The van der Waals surface area contributed by atoms with Crippen LogP contribution in [0.3, 0.4) is 0 Å². The van der Waals surface area contributed by atoms with Crippen LogP contribution in [-0.2, 0) is 11.2 Å². The van der Waals surface area contributed by atoms with Gasteiger partial charge in [0.15, 0.2) is 0 Å². The Hall–Kier alpha value is -1.77. The molecule has 0 aliphatic heterocycles. The van der Waals surface area contributed by atoms with Crippen LogP contribution in [0.5, 0.6) is 0 Å². The average Bonchev–Trinajstić information content (AvgIpc) is 2.18. The van der Waals surface area contributed by atoms with E-state index in [1.807, 2.05) is 24.3 Å². The van der Waals surface area contributed by atoms with Crippen LogP contribution in [-0.4, -0.2) is 16.0 Å². The second-order valence-corrected chi connectivity index (χ2v) is 3.27. The Bertz CT molecular complexity index is 474. The summed E-state index contributed by atoms with van der Waals surface area (Å²) in [6, 6.07) is 7.70. The standard InChI is InChI=1S/C11H10N2O/c1-8(14)6-9-7-12-13-11-5-3-2-4-10(9)11/h2-5,7H,6H2,1H3. The summed E-state index contributed by atoms with van der Waals surface area (Å²) in [4.78, 5) is 11.0. The fourth-order valence-electron chi connectivity index (χ4n) is 1.47. The lowest BCUT2D eigenvalue weighted by molar-refractivity contribution is -0.116. The summed E-state index contributed by atoms with van der Waals surface area (Å²) >= 11 is 0. The molecule has 3 heteroatoms. The summed E-state index contributed by atoms with van der Waals surface area (Å²) in [5.74, 6) is 0.142. The normalized spacial score (nSPS) is 10.4. The van der Waals surface area contributed by atoms with Crippen LogP contribution in [0.4, 0.5) is 0 Å². The molecule has 1 aromatic heterocycles. The van der Waals surface area contributed by atoms with Crippen LogP contribution < -0.4 is 0 Å². The Morgan fingerprint density at radius 3 is 2.93 bits per heavy atom. The van der Waals surface area contributed by atoms with E-state index < -0.39 is 0 Å². The van der Waals surface area contributed by atoms with E-state index in [0.29, 0.717) is 6.42 Å². The average molecular weight is 186 g/mol. The van der Waals surface area contributed by atoms with Gasteiger partial charge in [-0.2, -0.15) is 10.2 Å². The van der Waals surface area contributed by atoms with E-state index in [1.165, 1.54) is 0 Å². The van der Waals surface area contributed by atoms with Crippen molar-refractivity contribution in [3.8, 4) is 0 Å². The van der Waals surface area contributed by atoms with Gasteiger partial charge in [0.2, 0.25) is 0 Å². The van der Waals surface area contributed by atoms with Crippen molar-refractivity contribution in [1.82, 2.24) is 10.2 Å². The van der Waals surface area contributed by atoms with E-state index in [-0.39, 0.29) is 5.78 Å². The lowest BCUT2D eigenvalue weighted by Crippen LogP contribution is -1.99. The number of ketones is 1. The highest BCUT2D eigenvalue weighted by molar-refractivity contribution is 5.87. The fourth-order valence-corrected chi connectivity index (χ4v) is 1.47. The maximum absolute atomic E-state index is 11.0. The Balaban J connectivity index is 2.59. The topological polar surface area (TPSA) is 42.9 Å². The fraction of sp³-hybridized carbons (Fsp3) is 0.182. The van der Waals surface area contributed by atoms with Crippen molar-refractivity contribution < 1.29 is 4.79 Å². The molecule has 0 atom stereocenters. The molecule has 1 aromatic carbocycles. The molecule has 2 rings (SSSR count). The maximum atomic E-state index is 11.0. The van der Waals surface area contributed by atoms with Crippen molar-refractivity contribution in [2.45, 2.75) is 13.3 Å². The van der Waals surface area contributed by atoms with Crippen molar-refractivity contribution in [2.24, 2.45) is 0 Å². The largest absolute Gasteiger partial charge is 0.300 e. The van der Waals surface area contributed by atoms with Gasteiger partial charge in [-0.05, 0) is 18.6 Å². The Morgan fingerprint density at radius 2 is 2.14 bits per heavy atom. The zero-order chi connectivity index (χ0) is 9.97. The summed E-state index contributed by atoms with van der Waals surface area (Å²) in [6.45, 7) is 1.58. The number of carbonyl (C=O) groups excluding carboxylic acids is 1. The molecule has 0 bridgehead atoms. The first-order chi connectivity index (χ1) is 6.77. The first kappa shape index (κ1) is 8.81. The maximum Gasteiger partial charge on any atom is 0.134 e. The monoisotopic (exact) mass is 186 g/mol. The van der Waals surface area contributed by atoms with Crippen molar-refractivity contribution in [3.63, 3.8) is 0 Å². The molecule has 0 saturated heterocycles. The number of hydrogen-bond donors (Lipinski definition) is 0. The summed E-state index contributed by atoms with van der Waals surface area (Å²) in [5.41, 5.74) is 1.79. The Labute approximate surface area is 81.8 Å². The molecule has 1 heterocycles. The number of benzene rings is 1. The minimum Gasteiger partial charge on any atom is -0.300 e. The van der Waals surface area contributed by atoms with Gasteiger partial charge in [0, 0.05) is 11.8 Å². The summed E-state index contributed by atoms with van der Waals surface area (Å²) in [7, 11) is 0. The highest BCUT2D eigenvalue weighted by Crippen LogP contribution is 2.15. The van der Waals surface area contributed by atoms with E-state index in [2.05, 4.69) is 10.2 Å². The molecular weight excluding hydrogens is 176 g/mol. The van der Waals surface area contributed by atoms with Crippen LogP contribution in [0.15, 0.2) is 30.5 Å². The van der Waals surface area contributed by atoms with Crippen molar-refractivity contribution in [1.29, 1.82) is 0 Å². The smallest absolute Gasteiger partial charge is 0.134 e. The number of Topliss-reactive ketones (excluding diaryl/α,β-unsaturated/α-hetero) is 1. The molecule has 0 N–H and O–H groups in total. The van der Waals surface area contributed by atoms with Gasteiger partial charge in [-0.3, -0.25) is 4.79 Å². The number of rotatable bonds is 2. The third-order valence-corrected chi connectivity index (χ3v) is 2.07. The van der Waals surface area contributed by atoms with Gasteiger partial charge in [-0.1, -0.05) is 18.2 Å². The number of fused-ring (bicyclic) bond motifs is 1. The molecule has 0 saturated carbocycles. The van der Waals surface area contributed by atoms with Gasteiger partial charge >= 0.3 is 0 Å². The first-order valence-electron chi connectivity index (χ1n) is 4.46. The second-order valence-electron chi connectivity index (χ2n) is 3.27. The van der Waals surface area contributed by atoms with Crippen molar-refractivity contribution >= 4 is 16.7 Å². The molecule has 0 unspecified atom stereocenters. The minimum atomic E-state index is 0.142. The van der Waals surface area contributed by atoms with E-state index in [9.17, 15) is 4.79 Å². The zero-order valence-corrected chi connectivity index (χ0v) is 7.90. The Kier molecular flexibility index (Phi) is 2.23. The van der Waals surface area contributed by atoms with E-state index in [4.69, 9.17) is 0 Å². The third-order valence-electron chi connectivity index (χ3n) is 2.07. The number of aromatic nitrogens is 2. The summed E-state index contributed by atoms with van der Waals surface area (Å²) in [6.07, 6.45) is 2.08. The SMILES string of the molecule is CC(=O)Cc1cnnc2ccccc12. The van der Waals surface area contributed by atoms with Gasteiger partial charge in [0.05, 0.1) is 11.7 Å². The van der Waals surface area contributed by atoms with Crippen molar-refractivity contribution in [3.05, 3.63) is 36.0 Å². The molecule has 0 fully saturated rings. The lowest BCUT2D eigenvalue weighted by atomic mass is 10.1. The molecule has 70 valence electrons. The molecule has 0 spiro atoms. The predicted molar refractivity (Wildman–Crippen MR) is 53.9 cm³/mol. The van der Waals surface area contributed by atoms with Crippen LogP contribution in [0, 0.1) is 0 Å². The van der Waals surface area contributed by atoms with Gasteiger partial charge in [-0.25, -0.2) is 0 Å². The minimum absolute atomic E-state index is 0.142. The van der Waals surface area contributed by atoms with E-state index in [1.54, 1.807) is 13.1 Å². The van der Waals surface area contributed by atoms with Crippen LogP contribution in [0.25, 0.3) is 10.9 Å². The van der Waals surface area contributed by atoms with Gasteiger partial charge in [0.25, 0.3) is 0 Å². The van der Waals surface area contributed by atoms with Crippen LogP contribution in [0.2, 0.25) is 0 Å². The second kappa shape index (κ2) is 3.54. The number of carbonyl (C=O) groups is 1. The molecular formula is C11H10N2O. The van der Waals surface area contributed by atoms with Crippen molar-refractivity contribution in [2.75, 3.05) is 0 Å². The van der Waals surface area contributed by atoms with Gasteiger partial charge in [-0.15, -0.1) is 0 Å². The van der Waals surface area contributed by atoms with Gasteiger partial charge < -0.3 is 0 Å². The highest BCUT2D eigenvalue weighted by atomic mass is 16.1. The van der Waals surface area contributed by atoms with E-state index >= 15 is 0 Å². The van der Waals surface area contributed by atoms with E-state index in [0.717, 1.165) is 16.5 Å². The highest BCUT2D eigenvalue weighted by Gasteiger charge is 2.03. The number of hydrogen-bond acceptors (Lipinski definition) is 3. The molecule has 0 radical (unpaired) electrons. The first-order valence-corrected chi connectivity index (χ1v) is 4.46. The van der Waals surface area contributed by atoms with Crippen LogP contribution in [0.1, 0.15) is 12.5 Å². The predicted octanol–water partition coefficient (Wildman–Crippen LogP) is 1.76. The lowest BCUT2D eigenvalue weighted by Gasteiger charge is -2.01. The quantitative estimate of drug-likeness (QED) is 0.717. The Morgan fingerprint density at radius 1 is 1.36 bits per heavy atom. The number of nitrogens with zero attached hydrogens (tertiary/aromatic N) is 2. The third kappa shape index (κ3) is 1.62. The molecule has 14 heavy (non-hydrogen) atoms. The molecule has 0 amide bonds. The summed E-state index contributed by atoms with van der Waals surface area (Å²) < 4.78 is 0. The van der Waals surface area contributed by atoms with Gasteiger partial charge in [0.1, 0.15) is 5.78 Å². The molecule has 3 nitrogen and oxygen atoms in total. The zero-order valence-electron chi connectivity index (χ0n) is 7.90. The van der Waals surface area contributed by atoms with Crippen LogP contribution >= 0.6 is 0 Å².